The van der Waals surface area contributed by atoms with E-state index in [0.717, 1.165) is 108 Å². The lowest BCUT2D eigenvalue weighted by Crippen LogP contribution is -2.30. The molecular weight excluding hydrogens is 1230 g/mol. The quantitative estimate of drug-likeness (QED) is 0.0222. The zero-order chi connectivity index (χ0) is 69.3. The van der Waals surface area contributed by atoms with Gasteiger partial charge in [-0.25, -0.2) is 9.13 Å². The minimum Gasteiger partial charge on any atom is -0.462 e. The Bertz CT molecular complexity index is 1820. The Morgan fingerprint density at radius 3 is 0.809 bits per heavy atom. The monoisotopic (exact) mass is 1380 g/mol. The highest BCUT2D eigenvalue weighted by atomic mass is 31.2. The third-order valence-corrected chi connectivity index (χ3v) is 19.7. The van der Waals surface area contributed by atoms with Crippen LogP contribution >= 0.6 is 15.6 Å². The molecule has 19 heteroatoms. The lowest BCUT2D eigenvalue weighted by molar-refractivity contribution is -0.161. The van der Waals surface area contributed by atoms with Gasteiger partial charge in [0, 0.05) is 25.7 Å². The number of esters is 4. The Labute approximate surface area is 575 Å². The summed E-state index contributed by atoms with van der Waals surface area (Å²) in [6.45, 7) is 9.51. The highest BCUT2D eigenvalue weighted by Crippen LogP contribution is 2.45. The van der Waals surface area contributed by atoms with Crippen molar-refractivity contribution in [1.29, 1.82) is 0 Å². The summed E-state index contributed by atoms with van der Waals surface area (Å²) >= 11 is 0. The minimum absolute atomic E-state index is 0.104. The zero-order valence-corrected chi connectivity index (χ0v) is 63.1. The number of carbonyl (C=O) groups is 4. The van der Waals surface area contributed by atoms with Crippen LogP contribution in [0.15, 0.2) is 0 Å². The van der Waals surface area contributed by atoms with Crippen molar-refractivity contribution in [3.8, 4) is 0 Å². The lowest BCUT2D eigenvalue weighted by Gasteiger charge is -2.21. The number of aliphatic hydroxyl groups is 1. The van der Waals surface area contributed by atoms with Crippen LogP contribution in [0.4, 0.5) is 0 Å². The van der Waals surface area contributed by atoms with Gasteiger partial charge < -0.3 is 33.8 Å². The number of phosphoric ester groups is 2. The molecule has 0 aromatic heterocycles. The summed E-state index contributed by atoms with van der Waals surface area (Å²) in [5.74, 6) is -0.670. The summed E-state index contributed by atoms with van der Waals surface area (Å²) in [7, 11) is -9.91. The van der Waals surface area contributed by atoms with Crippen molar-refractivity contribution < 1.29 is 80.2 Å². The molecule has 0 saturated carbocycles. The molecule has 94 heavy (non-hydrogen) atoms. The molecule has 558 valence electrons. The van der Waals surface area contributed by atoms with E-state index in [1.807, 2.05) is 0 Å². The van der Waals surface area contributed by atoms with Gasteiger partial charge in [0.2, 0.25) is 0 Å². The fourth-order valence-corrected chi connectivity index (χ4v) is 13.0. The summed E-state index contributed by atoms with van der Waals surface area (Å²) in [5, 5.41) is 10.6. The second-order valence-electron chi connectivity index (χ2n) is 27.8. The predicted molar refractivity (Wildman–Crippen MR) is 381 cm³/mol. The number of hydrogen-bond donors (Lipinski definition) is 3. The molecule has 0 bridgehead atoms. The van der Waals surface area contributed by atoms with Crippen molar-refractivity contribution in [2.24, 2.45) is 11.8 Å². The summed E-state index contributed by atoms with van der Waals surface area (Å²) in [6.07, 6.45) is 54.2. The number of ether oxygens (including phenoxy) is 4. The largest absolute Gasteiger partial charge is 0.472 e. The Kier molecular flexibility index (Phi) is 65.5. The average molecular weight is 1380 g/mol. The van der Waals surface area contributed by atoms with Gasteiger partial charge in [0.1, 0.15) is 19.3 Å². The van der Waals surface area contributed by atoms with E-state index in [9.17, 15) is 43.2 Å². The fraction of sp³-hybridized carbons (Fsp3) is 0.947. The van der Waals surface area contributed by atoms with Crippen LogP contribution in [0, 0.1) is 11.8 Å². The molecule has 3 N–H and O–H groups in total. The number of aliphatic hydroxyl groups excluding tert-OH is 1. The summed E-state index contributed by atoms with van der Waals surface area (Å²) < 4.78 is 68.5. The van der Waals surface area contributed by atoms with Crippen LogP contribution in [-0.4, -0.2) is 96.7 Å². The van der Waals surface area contributed by atoms with Gasteiger partial charge in [0.15, 0.2) is 12.2 Å². The summed E-state index contributed by atoms with van der Waals surface area (Å²) in [4.78, 5) is 72.7. The first-order chi connectivity index (χ1) is 45.4. The Balaban J connectivity index is 5.24. The van der Waals surface area contributed by atoms with E-state index in [1.54, 1.807) is 0 Å². The van der Waals surface area contributed by atoms with Crippen molar-refractivity contribution in [3.63, 3.8) is 0 Å². The molecule has 6 atom stereocenters. The molecule has 17 nitrogen and oxygen atoms in total. The van der Waals surface area contributed by atoms with Crippen LogP contribution in [0.3, 0.4) is 0 Å². The van der Waals surface area contributed by atoms with Crippen molar-refractivity contribution in [3.05, 3.63) is 0 Å². The minimum atomic E-state index is -4.96. The molecule has 0 rings (SSSR count). The highest BCUT2D eigenvalue weighted by molar-refractivity contribution is 7.47. The normalized spacial score (nSPS) is 14.3. The third kappa shape index (κ3) is 67.3. The molecule has 0 aromatic rings. The SMILES string of the molecule is CCCCCCCCCCCCCCCCCCCCC(=O)O[C@H](COC(=O)CCCCCCCCCCCCCCCCC)COP(=O)(O)OC[C@@H](O)COP(=O)(O)OC[C@@H](COC(=O)CCCCCCCCC(C)CC)OC(=O)CCCCCCCCCCC(C)C. The number of unbranched alkanes of at least 4 members (excludes halogenated alkanes) is 43. The van der Waals surface area contributed by atoms with Crippen LogP contribution in [-0.2, 0) is 65.4 Å². The van der Waals surface area contributed by atoms with Gasteiger partial charge in [-0.05, 0) is 37.5 Å². The second kappa shape index (κ2) is 66.9. The number of hydrogen-bond acceptors (Lipinski definition) is 15. The Morgan fingerprint density at radius 2 is 0.543 bits per heavy atom. The van der Waals surface area contributed by atoms with Crippen LogP contribution in [0.5, 0.6) is 0 Å². The van der Waals surface area contributed by atoms with E-state index in [4.69, 9.17) is 37.0 Å². The summed E-state index contributed by atoms with van der Waals surface area (Å²) in [5.41, 5.74) is 0. The van der Waals surface area contributed by atoms with Gasteiger partial charge in [-0.1, -0.05) is 337 Å². The molecule has 0 aliphatic carbocycles. The van der Waals surface area contributed by atoms with Crippen molar-refractivity contribution in [1.82, 2.24) is 0 Å². The topological polar surface area (TPSA) is 237 Å². The second-order valence-corrected chi connectivity index (χ2v) is 30.7. The molecule has 3 unspecified atom stereocenters. The highest BCUT2D eigenvalue weighted by Gasteiger charge is 2.30. The van der Waals surface area contributed by atoms with E-state index < -0.39 is 97.5 Å². The summed E-state index contributed by atoms with van der Waals surface area (Å²) in [6, 6.07) is 0. The van der Waals surface area contributed by atoms with Crippen LogP contribution in [0.1, 0.15) is 388 Å². The number of rotatable bonds is 74. The molecule has 0 saturated heterocycles. The fourth-order valence-electron chi connectivity index (χ4n) is 11.4. The van der Waals surface area contributed by atoms with Gasteiger partial charge in [0.25, 0.3) is 0 Å². The Hall–Kier alpha value is -1.94. The molecule has 0 aliphatic rings. The van der Waals surface area contributed by atoms with E-state index >= 15 is 0 Å². The van der Waals surface area contributed by atoms with Crippen molar-refractivity contribution in [2.75, 3.05) is 39.6 Å². The van der Waals surface area contributed by atoms with E-state index in [1.165, 1.54) is 199 Å². The van der Waals surface area contributed by atoms with Gasteiger partial charge in [-0.2, -0.15) is 0 Å². The van der Waals surface area contributed by atoms with Crippen LogP contribution < -0.4 is 0 Å². The van der Waals surface area contributed by atoms with Crippen molar-refractivity contribution >= 4 is 39.5 Å². The lowest BCUT2D eigenvalue weighted by atomic mass is 10.00. The van der Waals surface area contributed by atoms with Crippen LogP contribution in [0.2, 0.25) is 0 Å². The van der Waals surface area contributed by atoms with Crippen LogP contribution in [0.25, 0.3) is 0 Å². The molecule has 0 spiro atoms. The molecule has 0 aliphatic heterocycles. The molecular formula is C75H146O17P2. The number of phosphoric acid groups is 2. The first-order valence-corrected chi connectivity index (χ1v) is 42.0. The smallest absolute Gasteiger partial charge is 0.462 e. The predicted octanol–water partition coefficient (Wildman–Crippen LogP) is 21.9. The zero-order valence-electron chi connectivity index (χ0n) is 61.3. The Morgan fingerprint density at radius 1 is 0.309 bits per heavy atom. The maximum absolute atomic E-state index is 13.1. The maximum atomic E-state index is 13.1. The average Bonchev–Trinajstić information content (AvgIpc) is 2.06. The third-order valence-electron chi connectivity index (χ3n) is 17.8. The molecule has 0 fully saturated rings. The number of carbonyl (C=O) groups excluding carboxylic acids is 4. The van der Waals surface area contributed by atoms with E-state index in [2.05, 4.69) is 41.5 Å². The van der Waals surface area contributed by atoms with Gasteiger partial charge >= 0.3 is 39.5 Å². The molecule has 0 radical (unpaired) electrons. The molecule has 0 aromatic carbocycles. The van der Waals surface area contributed by atoms with E-state index in [-0.39, 0.29) is 25.7 Å². The molecule has 0 amide bonds. The first-order valence-electron chi connectivity index (χ1n) is 39.0. The van der Waals surface area contributed by atoms with Gasteiger partial charge in [0.05, 0.1) is 26.4 Å². The maximum Gasteiger partial charge on any atom is 0.472 e. The van der Waals surface area contributed by atoms with E-state index in [0.29, 0.717) is 25.7 Å². The standard InChI is InChI=1S/C75H146O17P2/c1-7-10-12-14-16-18-20-22-24-25-26-28-30-32-34-39-47-53-59-74(79)91-70(63-85-72(77)57-51-45-38-33-31-29-27-23-21-19-17-15-13-11-8-2)65-89-93(81,82)87-61-69(76)62-88-94(83,84)90-66-71(64-86-73(78)58-52-46-42-41-44-50-56-68(6)9-3)92-75(80)60-54-48-40-36-35-37-43-49-55-67(4)5/h67-71,76H,7-66H2,1-6H3,(H,81,82)(H,83,84)/t68?,69-,70-,71-/m1/s1. The molecule has 0 heterocycles. The first kappa shape index (κ1) is 92.1. The van der Waals surface area contributed by atoms with Gasteiger partial charge in [-0.15, -0.1) is 0 Å². The van der Waals surface area contributed by atoms with Gasteiger partial charge in [-0.3, -0.25) is 37.3 Å². The van der Waals surface area contributed by atoms with Crippen molar-refractivity contribution in [2.45, 2.75) is 407 Å².